The third-order valence-corrected chi connectivity index (χ3v) is 3.82. The minimum Gasteiger partial charge on any atom is -0.287 e. The molecule has 0 aliphatic heterocycles. The van der Waals surface area contributed by atoms with Gasteiger partial charge in [0.25, 0.3) is 0 Å². The van der Waals surface area contributed by atoms with E-state index in [9.17, 15) is 4.79 Å². The van der Waals surface area contributed by atoms with Crippen molar-refractivity contribution in [2.75, 3.05) is 0 Å². The molecule has 0 N–H and O–H groups in total. The molecule has 21 heavy (non-hydrogen) atoms. The van der Waals surface area contributed by atoms with Gasteiger partial charge in [0.05, 0.1) is 12.1 Å². The van der Waals surface area contributed by atoms with Crippen molar-refractivity contribution < 1.29 is 0 Å². The molecule has 2 aromatic heterocycles. The highest BCUT2D eigenvalue weighted by molar-refractivity contribution is 5.82. The quantitative estimate of drug-likeness (QED) is 0.551. The van der Waals surface area contributed by atoms with E-state index in [0.29, 0.717) is 5.52 Å². The lowest BCUT2D eigenvalue weighted by Crippen LogP contribution is -2.17. The van der Waals surface area contributed by atoms with Gasteiger partial charge in [0.2, 0.25) is 5.43 Å². The van der Waals surface area contributed by atoms with E-state index >= 15 is 0 Å². The van der Waals surface area contributed by atoms with E-state index < -0.39 is 0 Å². The molecule has 0 unspecified atom stereocenters. The second-order valence-corrected chi connectivity index (χ2v) is 5.13. The van der Waals surface area contributed by atoms with Gasteiger partial charge in [-0.05, 0) is 29.8 Å². The van der Waals surface area contributed by atoms with Crippen LogP contribution in [0.5, 0.6) is 0 Å². The monoisotopic (exact) mass is 274 g/mol. The average molecular weight is 274 g/mol. The van der Waals surface area contributed by atoms with Crippen molar-refractivity contribution in [3.8, 4) is 0 Å². The fraction of sp³-hybridized carbons (Fsp3) is 0.0556. The summed E-state index contributed by atoms with van der Waals surface area (Å²) in [4.78, 5) is 12.5. The van der Waals surface area contributed by atoms with Gasteiger partial charge in [-0.1, -0.05) is 42.5 Å². The van der Waals surface area contributed by atoms with E-state index in [1.165, 1.54) is 5.56 Å². The Hall–Kier alpha value is -2.81. The fourth-order valence-corrected chi connectivity index (χ4v) is 2.83. The summed E-state index contributed by atoms with van der Waals surface area (Å²) in [7, 11) is 0. The molecule has 0 bridgehead atoms. The summed E-state index contributed by atoms with van der Waals surface area (Å²) in [5.74, 6) is 0. The number of rotatable bonds is 2. The summed E-state index contributed by atoms with van der Waals surface area (Å²) in [6.07, 6.45) is 1.94. The normalized spacial score (nSPS) is 11.2. The number of hydrogen-bond donors (Lipinski definition) is 0. The fourth-order valence-electron chi connectivity index (χ4n) is 2.83. The Bertz CT molecular complexity index is 980. The molecule has 3 nitrogen and oxygen atoms in total. The zero-order chi connectivity index (χ0) is 14.2. The molecule has 0 aliphatic carbocycles. The predicted molar refractivity (Wildman–Crippen MR) is 84.7 cm³/mol. The SMILES string of the molecule is O=c1c2ccccc2n(Cc2ccccc2)n2cccc12. The van der Waals surface area contributed by atoms with Gasteiger partial charge in [-0.3, -0.25) is 14.0 Å². The zero-order valence-corrected chi connectivity index (χ0v) is 11.4. The number of nitrogens with zero attached hydrogens (tertiary/aromatic N) is 2. The van der Waals surface area contributed by atoms with Crippen molar-refractivity contribution in [1.82, 2.24) is 9.20 Å². The van der Waals surface area contributed by atoms with Crippen LogP contribution in [0.2, 0.25) is 0 Å². The first-order valence-electron chi connectivity index (χ1n) is 6.97. The summed E-state index contributed by atoms with van der Waals surface area (Å²) < 4.78 is 4.08. The molecule has 0 aliphatic rings. The van der Waals surface area contributed by atoms with E-state index in [1.54, 1.807) is 0 Å². The summed E-state index contributed by atoms with van der Waals surface area (Å²) in [5.41, 5.74) is 2.96. The minimum atomic E-state index is 0.0833. The van der Waals surface area contributed by atoms with Crippen LogP contribution in [0.15, 0.2) is 77.7 Å². The van der Waals surface area contributed by atoms with Gasteiger partial charge < -0.3 is 0 Å². The Morgan fingerprint density at radius 2 is 1.48 bits per heavy atom. The highest BCUT2D eigenvalue weighted by Gasteiger charge is 2.09. The highest BCUT2D eigenvalue weighted by atomic mass is 16.1. The first kappa shape index (κ1) is 12.0. The van der Waals surface area contributed by atoms with Gasteiger partial charge in [-0.2, -0.15) is 0 Å². The molecule has 0 atom stereocenters. The lowest BCUT2D eigenvalue weighted by atomic mass is 10.2. The van der Waals surface area contributed by atoms with Crippen LogP contribution in [0.25, 0.3) is 16.4 Å². The molecule has 2 heterocycles. The van der Waals surface area contributed by atoms with Crippen molar-refractivity contribution >= 4 is 16.4 Å². The topological polar surface area (TPSA) is 26.4 Å². The first-order chi connectivity index (χ1) is 10.3. The van der Waals surface area contributed by atoms with Gasteiger partial charge in [-0.15, -0.1) is 0 Å². The molecule has 0 saturated heterocycles. The Morgan fingerprint density at radius 3 is 2.33 bits per heavy atom. The molecule has 0 radical (unpaired) electrons. The number of benzene rings is 2. The van der Waals surface area contributed by atoms with E-state index in [-0.39, 0.29) is 5.43 Å². The Balaban J connectivity index is 2.07. The molecule has 0 amide bonds. The van der Waals surface area contributed by atoms with Crippen molar-refractivity contribution in [3.05, 3.63) is 88.7 Å². The van der Waals surface area contributed by atoms with Gasteiger partial charge >= 0.3 is 0 Å². The molecular formula is C18H14N2O. The van der Waals surface area contributed by atoms with E-state index in [0.717, 1.165) is 17.4 Å². The van der Waals surface area contributed by atoms with E-state index in [2.05, 4.69) is 16.8 Å². The van der Waals surface area contributed by atoms with Crippen LogP contribution in [0, 0.1) is 0 Å². The van der Waals surface area contributed by atoms with Crippen LogP contribution < -0.4 is 5.43 Å². The third-order valence-electron chi connectivity index (χ3n) is 3.82. The van der Waals surface area contributed by atoms with Crippen molar-refractivity contribution in [2.45, 2.75) is 6.54 Å². The lowest BCUT2D eigenvalue weighted by Gasteiger charge is -2.15. The average Bonchev–Trinajstić information content (AvgIpc) is 3.02. The minimum absolute atomic E-state index is 0.0833. The third kappa shape index (κ3) is 1.86. The smallest absolute Gasteiger partial charge is 0.213 e. The second-order valence-electron chi connectivity index (χ2n) is 5.13. The Kier molecular flexibility index (Phi) is 2.64. The van der Waals surface area contributed by atoms with Crippen molar-refractivity contribution in [3.63, 3.8) is 0 Å². The van der Waals surface area contributed by atoms with Crippen molar-refractivity contribution in [2.24, 2.45) is 0 Å². The van der Waals surface area contributed by atoms with Crippen LogP contribution in [-0.2, 0) is 6.54 Å². The molecule has 4 aromatic rings. The predicted octanol–water partition coefficient (Wildman–Crippen LogP) is 3.30. The second kappa shape index (κ2) is 4.63. The Labute approximate surface area is 121 Å². The van der Waals surface area contributed by atoms with E-state index in [1.807, 2.05) is 65.3 Å². The van der Waals surface area contributed by atoms with Gasteiger partial charge in [0, 0.05) is 11.6 Å². The molecule has 4 rings (SSSR count). The molecule has 0 saturated carbocycles. The molecular weight excluding hydrogens is 260 g/mol. The van der Waals surface area contributed by atoms with Crippen LogP contribution in [0.4, 0.5) is 0 Å². The maximum absolute atomic E-state index is 12.5. The van der Waals surface area contributed by atoms with Crippen LogP contribution in [0.3, 0.4) is 0 Å². The number of hydrogen-bond acceptors (Lipinski definition) is 1. The largest absolute Gasteiger partial charge is 0.287 e. The van der Waals surface area contributed by atoms with Crippen LogP contribution in [-0.4, -0.2) is 9.20 Å². The van der Waals surface area contributed by atoms with Crippen LogP contribution in [0.1, 0.15) is 5.56 Å². The lowest BCUT2D eigenvalue weighted by molar-refractivity contribution is 0.653. The maximum atomic E-state index is 12.5. The molecule has 102 valence electrons. The summed E-state index contributed by atoms with van der Waals surface area (Å²) in [6, 6.07) is 21.8. The standard InChI is InChI=1S/C18H14N2O/c21-18-15-9-4-5-10-16(15)20(19-12-6-11-17(18)19)13-14-7-2-1-3-8-14/h1-12H,13H2. The number of aromatic nitrogens is 2. The molecule has 3 heteroatoms. The summed E-state index contributed by atoms with van der Waals surface area (Å²) in [5, 5.41) is 0.764. The molecule has 2 aromatic carbocycles. The number of fused-ring (bicyclic) bond motifs is 2. The first-order valence-corrected chi connectivity index (χ1v) is 6.97. The van der Waals surface area contributed by atoms with Gasteiger partial charge in [0.1, 0.15) is 5.52 Å². The van der Waals surface area contributed by atoms with E-state index in [4.69, 9.17) is 0 Å². The molecule has 0 spiro atoms. The summed E-state index contributed by atoms with van der Waals surface area (Å²) >= 11 is 0. The Morgan fingerprint density at radius 1 is 0.762 bits per heavy atom. The van der Waals surface area contributed by atoms with Crippen LogP contribution >= 0.6 is 0 Å². The molecule has 0 fully saturated rings. The van der Waals surface area contributed by atoms with Crippen molar-refractivity contribution in [1.29, 1.82) is 0 Å². The van der Waals surface area contributed by atoms with Gasteiger partial charge in [-0.25, -0.2) is 0 Å². The zero-order valence-electron chi connectivity index (χ0n) is 11.4. The number of para-hydroxylation sites is 1. The summed E-state index contributed by atoms with van der Waals surface area (Å²) in [6.45, 7) is 0.729. The van der Waals surface area contributed by atoms with Gasteiger partial charge in [0.15, 0.2) is 0 Å². The highest BCUT2D eigenvalue weighted by Crippen LogP contribution is 2.15. The maximum Gasteiger partial charge on any atom is 0.213 e.